The van der Waals surface area contributed by atoms with E-state index < -0.39 is 0 Å². The molecule has 0 bridgehead atoms. The number of aliphatic hydroxyl groups is 1. The van der Waals surface area contributed by atoms with Crippen molar-refractivity contribution in [3.8, 4) is 0 Å². The van der Waals surface area contributed by atoms with Gasteiger partial charge in [-0.3, -0.25) is 4.98 Å². The van der Waals surface area contributed by atoms with Crippen LogP contribution in [0.2, 0.25) is 0 Å². The Hall–Kier alpha value is -1.46. The van der Waals surface area contributed by atoms with Gasteiger partial charge in [0.25, 0.3) is 0 Å². The summed E-state index contributed by atoms with van der Waals surface area (Å²) >= 11 is 1.55. The molecule has 0 aromatic carbocycles. The molecule has 1 N–H and O–H groups in total. The van der Waals surface area contributed by atoms with E-state index in [1.165, 1.54) is 0 Å². The Bertz CT molecular complexity index is 477. The first-order valence-electron chi connectivity index (χ1n) is 5.95. The second-order valence-corrected chi connectivity index (χ2v) is 5.12. The minimum atomic E-state index is 0.0677. The van der Waals surface area contributed by atoms with Crippen LogP contribution in [0.15, 0.2) is 24.4 Å². The number of nitrogens with zero attached hydrogens (tertiary/aromatic N) is 3. The minimum absolute atomic E-state index is 0.0677. The van der Waals surface area contributed by atoms with E-state index in [1.54, 1.807) is 17.5 Å². The molecule has 0 amide bonds. The quantitative estimate of drug-likeness (QED) is 0.898. The normalized spacial score (nSPS) is 10.6. The van der Waals surface area contributed by atoms with Gasteiger partial charge in [-0.2, -0.15) is 0 Å². The largest absolute Gasteiger partial charge is 0.391 e. The van der Waals surface area contributed by atoms with Crippen LogP contribution in [0, 0.1) is 0 Å². The van der Waals surface area contributed by atoms with Crippen LogP contribution >= 0.6 is 11.3 Å². The van der Waals surface area contributed by atoms with Crippen LogP contribution in [0.4, 0.5) is 5.13 Å². The van der Waals surface area contributed by atoms with E-state index in [9.17, 15) is 5.11 Å². The van der Waals surface area contributed by atoms with Crippen molar-refractivity contribution < 1.29 is 5.11 Å². The average Bonchev–Trinajstić information content (AvgIpc) is 2.83. The second kappa shape index (κ2) is 5.93. The van der Waals surface area contributed by atoms with Crippen LogP contribution in [0.3, 0.4) is 0 Å². The molecule has 0 aliphatic rings. The highest BCUT2D eigenvalue weighted by atomic mass is 32.1. The third-order valence-electron chi connectivity index (χ3n) is 2.70. The molecule has 18 heavy (non-hydrogen) atoms. The Morgan fingerprint density at radius 3 is 2.78 bits per heavy atom. The summed E-state index contributed by atoms with van der Waals surface area (Å²) in [6, 6.07) is 5.89. The first-order chi connectivity index (χ1) is 8.74. The van der Waals surface area contributed by atoms with Gasteiger partial charge >= 0.3 is 0 Å². The maximum absolute atomic E-state index is 9.27. The average molecular weight is 263 g/mol. The third-order valence-corrected chi connectivity index (χ3v) is 3.89. The van der Waals surface area contributed by atoms with E-state index in [0.717, 1.165) is 34.4 Å². The van der Waals surface area contributed by atoms with E-state index in [-0.39, 0.29) is 6.61 Å². The number of hydrogen-bond donors (Lipinski definition) is 1. The molecule has 2 heterocycles. The Morgan fingerprint density at radius 2 is 2.22 bits per heavy atom. The summed E-state index contributed by atoms with van der Waals surface area (Å²) in [5.41, 5.74) is 2.00. The van der Waals surface area contributed by atoms with Gasteiger partial charge in [0.05, 0.1) is 29.4 Å². The Balaban J connectivity index is 2.13. The van der Waals surface area contributed by atoms with Gasteiger partial charge in [-0.15, -0.1) is 0 Å². The van der Waals surface area contributed by atoms with E-state index in [1.807, 2.05) is 25.2 Å². The van der Waals surface area contributed by atoms with Crippen LogP contribution in [0.25, 0.3) is 0 Å². The van der Waals surface area contributed by atoms with Crippen LogP contribution in [-0.4, -0.2) is 22.1 Å². The van der Waals surface area contributed by atoms with Crippen LogP contribution in [0.1, 0.15) is 23.2 Å². The molecule has 2 aromatic heterocycles. The minimum Gasteiger partial charge on any atom is -0.391 e. The topological polar surface area (TPSA) is 49.2 Å². The van der Waals surface area contributed by atoms with Gasteiger partial charge < -0.3 is 10.0 Å². The summed E-state index contributed by atoms with van der Waals surface area (Å²) < 4.78 is 0. The lowest BCUT2D eigenvalue weighted by Gasteiger charge is -2.14. The third kappa shape index (κ3) is 2.86. The molecule has 5 heteroatoms. The van der Waals surface area contributed by atoms with Crippen molar-refractivity contribution in [2.75, 3.05) is 11.9 Å². The lowest BCUT2D eigenvalue weighted by molar-refractivity contribution is 0.284. The molecule has 0 spiro atoms. The lowest BCUT2D eigenvalue weighted by Crippen LogP contribution is -2.16. The summed E-state index contributed by atoms with van der Waals surface area (Å²) in [4.78, 5) is 11.9. The van der Waals surface area contributed by atoms with Gasteiger partial charge in [0.2, 0.25) is 0 Å². The van der Waals surface area contributed by atoms with Crippen LogP contribution in [-0.2, 0) is 19.6 Å². The molecule has 0 aliphatic heterocycles. The second-order valence-electron chi connectivity index (χ2n) is 4.06. The van der Waals surface area contributed by atoms with Crippen molar-refractivity contribution in [2.24, 2.45) is 0 Å². The number of pyridine rings is 1. The fourth-order valence-corrected chi connectivity index (χ4v) is 2.70. The van der Waals surface area contributed by atoms with Gasteiger partial charge in [-0.05, 0) is 18.6 Å². The highest BCUT2D eigenvalue weighted by molar-refractivity contribution is 7.15. The summed E-state index contributed by atoms with van der Waals surface area (Å²) in [7, 11) is 1.99. The van der Waals surface area contributed by atoms with E-state index in [4.69, 9.17) is 0 Å². The molecule has 4 nitrogen and oxygen atoms in total. The fraction of sp³-hybridized carbons (Fsp3) is 0.385. The lowest BCUT2D eigenvalue weighted by atomic mass is 10.3. The number of aromatic nitrogens is 2. The zero-order valence-corrected chi connectivity index (χ0v) is 11.4. The van der Waals surface area contributed by atoms with Gasteiger partial charge in [0, 0.05) is 13.2 Å². The van der Waals surface area contributed by atoms with Gasteiger partial charge in [0.15, 0.2) is 5.13 Å². The number of aliphatic hydroxyl groups excluding tert-OH is 1. The monoisotopic (exact) mass is 263 g/mol. The van der Waals surface area contributed by atoms with Crippen molar-refractivity contribution in [1.82, 2.24) is 9.97 Å². The van der Waals surface area contributed by atoms with Gasteiger partial charge in [0.1, 0.15) is 0 Å². The maximum Gasteiger partial charge on any atom is 0.185 e. The standard InChI is InChI=1S/C13H17N3OS/c1-3-11-12(9-17)18-13(15-11)16(2)8-10-6-4-5-7-14-10/h4-7,17H,3,8-9H2,1-2H3. The molecular weight excluding hydrogens is 246 g/mol. The zero-order chi connectivity index (χ0) is 13.0. The van der Waals surface area contributed by atoms with E-state index >= 15 is 0 Å². The first-order valence-corrected chi connectivity index (χ1v) is 6.76. The number of anilines is 1. The molecule has 2 aromatic rings. The molecule has 0 aliphatic carbocycles. The van der Waals surface area contributed by atoms with Crippen molar-refractivity contribution in [3.05, 3.63) is 40.7 Å². The van der Waals surface area contributed by atoms with E-state index in [0.29, 0.717) is 0 Å². The molecular formula is C13H17N3OS. The van der Waals surface area contributed by atoms with E-state index in [2.05, 4.69) is 21.8 Å². The summed E-state index contributed by atoms with van der Waals surface area (Å²) in [6.07, 6.45) is 2.64. The molecule has 0 fully saturated rings. The first kappa shape index (κ1) is 13.0. The number of rotatable bonds is 5. The fourth-order valence-electron chi connectivity index (χ4n) is 1.74. The summed E-state index contributed by atoms with van der Waals surface area (Å²) in [6.45, 7) is 2.84. The van der Waals surface area contributed by atoms with Crippen molar-refractivity contribution in [2.45, 2.75) is 26.5 Å². The highest BCUT2D eigenvalue weighted by Gasteiger charge is 2.12. The number of aryl methyl sites for hydroxylation is 1. The van der Waals surface area contributed by atoms with Gasteiger partial charge in [-0.25, -0.2) is 4.98 Å². The highest BCUT2D eigenvalue weighted by Crippen LogP contribution is 2.26. The SMILES string of the molecule is CCc1nc(N(C)Cc2ccccn2)sc1CO. The van der Waals surface area contributed by atoms with Gasteiger partial charge in [-0.1, -0.05) is 24.3 Å². The molecule has 96 valence electrons. The molecule has 2 rings (SSSR count). The predicted octanol–water partition coefficient (Wildman–Crippen LogP) is 2.23. The molecule has 0 saturated carbocycles. The van der Waals surface area contributed by atoms with Crippen LogP contribution < -0.4 is 4.90 Å². The van der Waals surface area contributed by atoms with Crippen molar-refractivity contribution in [1.29, 1.82) is 0 Å². The molecule has 0 unspecified atom stereocenters. The summed E-state index contributed by atoms with van der Waals surface area (Å²) in [5, 5.41) is 10.2. The van der Waals surface area contributed by atoms with Crippen molar-refractivity contribution >= 4 is 16.5 Å². The zero-order valence-electron chi connectivity index (χ0n) is 10.6. The van der Waals surface area contributed by atoms with Crippen LogP contribution in [0.5, 0.6) is 0 Å². The van der Waals surface area contributed by atoms with Crippen molar-refractivity contribution in [3.63, 3.8) is 0 Å². The Kier molecular flexibility index (Phi) is 4.28. The molecule has 0 radical (unpaired) electrons. The Morgan fingerprint density at radius 1 is 1.39 bits per heavy atom. The number of hydrogen-bond acceptors (Lipinski definition) is 5. The predicted molar refractivity (Wildman–Crippen MR) is 73.8 cm³/mol. The summed E-state index contributed by atoms with van der Waals surface area (Å²) in [5.74, 6) is 0. The molecule has 0 atom stereocenters. The molecule has 0 saturated heterocycles. The Labute approximate surface area is 111 Å². The maximum atomic E-state index is 9.27. The number of thiazole rings is 1. The smallest absolute Gasteiger partial charge is 0.185 e.